The maximum absolute atomic E-state index is 5.98. The lowest BCUT2D eigenvalue weighted by atomic mass is 10.2. The van der Waals surface area contributed by atoms with Crippen LogP contribution in [0.5, 0.6) is 11.5 Å². The topological polar surface area (TPSA) is 30.8 Å². The molecule has 0 heterocycles. The second-order valence-electron chi connectivity index (χ2n) is 4.07. The fourth-order valence-electron chi connectivity index (χ4n) is 1.75. The first-order chi connectivity index (χ1) is 9.72. The Hall–Kier alpha value is -2.00. The average molecular weight is 290 g/mol. The van der Waals surface area contributed by atoms with E-state index in [0.717, 1.165) is 22.7 Å². The summed E-state index contributed by atoms with van der Waals surface area (Å²) in [6.07, 6.45) is 1.74. The molecule has 4 heteroatoms. The molecule has 0 spiro atoms. The molecule has 104 valence electrons. The van der Waals surface area contributed by atoms with Crippen molar-refractivity contribution in [2.75, 3.05) is 13.7 Å². The van der Waals surface area contributed by atoms with E-state index >= 15 is 0 Å². The lowest BCUT2D eigenvalue weighted by Gasteiger charge is -2.05. The van der Waals surface area contributed by atoms with Crippen LogP contribution in [0.1, 0.15) is 12.5 Å². The van der Waals surface area contributed by atoms with Crippen molar-refractivity contribution < 1.29 is 9.47 Å². The molecule has 0 bridgehead atoms. The summed E-state index contributed by atoms with van der Waals surface area (Å²) in [6, 6.07) is 13.0. The van der Waals surface area contributed by atoms with Crippen molar-refractivity contribution in [2.24, 2.45) is 4.99 Å². The third kappa shape index (κ3) is 3.75. The molecule has 0 radical (unpaired) electrons. The molecular formula is C16H16ClNO2. The minimum absolute atomic E-state index is 0.652. The van der Waals surface area contributed by atoms with E-state index in [1.54, 1.807) is 19.4 Å². The zero-order chi connectivity index (χ0) is 14.4. The summed E-state index contributed by atoms with van der Waals surface area (Å²) >= 11 is 5.98. The number of methoxy groups -OCH3 is 1. The Morgan fingerprint density at radius 1 is 1.15 bits per heavy atom. The van der Waals surface area contributed by atoms with Crippen molar-refractivity contribution >= 4 is 23.5 Å². The molecule has 0 aromatic heterocycles. The van der Waals surface area contributed by atoms with Gasteiger partial charge >= 0.3 is 0 Å². The first-order valence-corrected chi connectivity index (χ1v) is 6.71. The van der Waals surface area contributed by atoms with Crippen LogP contribution in [0.2, 0.25) is 5.02 Å². The smallest absolute Gasteiger partial charge is 0.127 e. The van der Waals surface area contributed by atoms with Crippen LogP contribution < -0.4 is 9.47 Å². The van der Waals surface area contributed by atoms with Crippen LogP contribution in [0.4, 0.5) is 5.69 Å². The van der Waals surface area contributed by atoms with E-state index in [0.29, 0.717) is 11.6 Å². The summed E-state index contributed by atoms with van der Waals surface area (Å²) in [7, 11) is 1.62. The van der Waals surface area contributed by atoms with Crippen LogP contribution in [-0.4, -0.2) is 19.9 Å². The maximum Gasteiger partial charge on any atom is 0.127 e. The lowest BCUT2D eigenvalue weighted by molar-refractivity contribution is 0.340. The quantitative estimate of drug-likeness (QED) is 0.759. The number of hydrogen-bond donors (Lipinski definition) is 0. The molecule has 2 aromatic carbocycles. The van der Waals surface area contributed by atoms with Crippen molar-refractivity contribution in [3.05, 3.63) is 53.1 Å². The van der Waals surface area contributed by atoms with Gasteiger partial charge in [-0.25, -0.2) is 0 Å². The SMILES string of the molecule is CCOc1ccc(N=Cc2cc(Cl)ccc2OC)cc1. The minimum atomic E-state index is 0.652. The van der Waals surface area contributed by atoms with Crippen molar-refractivity contribution in [1.82, 2.24) is 0 Å². The van der Waals surface area contributed by atoms with E-state index in [1.165, 1.54) is 0 Å². The van der Waals surface area contributed by atoms with Crippen LogP contribution in [0, 0.1) is 0 Å². The maximum atomic E-state index is 5.98. The zero-order valence-corrected chi connectivity index (χ0v) is 12.2. The van der Waals surface area contributed by atoms with Crippen molar-refractivity contribution in [3.8, 4) is 11.5 Å². The Labute approximate surface area is 123 Å². The minimum Gasteiger partial charge on any atom is -0.496 e. The number of benzene rings is 2. The first kappa shape index (κ1) is 14.4. The summed E-state index contributed by atoms with van der Waals surface area (Å²) in [6.45, 7) is 2.61. The summed E-state index contributed by atoms with van der Waals surface area (Å²) in [4.78, 5) is 4.41. The van der Waals surface area contributed by atoms with Gasteiger partial charge in [-0.05, 0) is 49.4 Å². The molecule has 2 aromatic rings. The Balaban J connectivity index is 2.18. The summed E-state index contributed by atoms with van der Waals surface area (Å²) in [5, 5.41) is 0.652. The molecule has 0 unspecified atom stereocenters. The highest BCUT2D eigenvalue weighted by Gasteiger charge is 2.01. The molecule has 0 fully saturated rings. The molecule has 0 saturated heterocycles. The molecule has 0 amide bonds. The Bertz CT molecular complexity index is 594. The van der Waals surface area contributed by atoms with E-state index in [4.69, 9.17) is 21.1 Å². The van der Waals surface area contributed by atoms with Crippen molar-refractivity contribution in [1.29, 1.82) is 0 Å². The third-order valence-corrected chi connectivity index (χ3v) is 2.93. The van der Waals surface area contributed by atoms with Gasteiger partial charge in [-0.3, -0.25) is 4.99 Å². The van der Waals surface area contributed by atoms with Gasteiger partial charge in [-0.2, -0.15) is 0 Å². The molecule has 0 N–H and O–H groups in total. The average Bonchev–Trinajstić information content (AvgIpc) is 2.47. The van der Waals surface area contributed by atoms with E-state index in [2.05, 4.69) is 4.99 Å². The second kappa shape index (κ2) is 6.96. The third-order valence-electron chi connectivity index (χ3n) is 2.69. The summed E-state index contributed by atoms with van der Waals surface area (Å²) < 4.78 is 10.7. The van der Waals surface area contributed by atoms with Crippen LogP contribution in [0.15, 0.2) is 47.5 Å². The van der Waals surface area contributed by atoms with Gasteiger partial charge in [0.1, 0.15) is 11.5 Å². The number of aliphatic imine (C=N–C) groups is 1. The van der Waals surface area contributed by atoms with Crippen LogP contribution in [0.25, 0.3) is 0 Å². The zero-order valence-electron chi connectivity index (χ0n) is 11.5. The summed E-state index contributed by atoms with van der Waals surface area (Å²) in [5.41, 5.74) is 1.68. The van der Waals surface area contributed by atoms with Crippen LogP contribution >= 0.6 is 11.6 Å². The Kier molecular flexibility index (Phi) is 5.02. The molecule has 0 saturated carbocycles. The molecule has 0 aliphatic heterocycles. The van der Waals surface area contributed by atoms with Crippen molar-refractivity contribution in [2.45, 2.75) is 6.92 Å². The highest BCUT2D eigenvalue weighted by molar-refractivity contribution is 6.30. The number of rotatable bonds is 5. The molecule has 20 heavy (non-hydrogen) atoms. The first-order valence-electron chi connectivity index (χ1n) is 6.33. The largest absolute Gasteiger partial charge is 0.496 e. The lowest BCUT2D eigenvalue weighted by Crippen LogP contribution is -1.91. The standard InChI is InChI=1S/C16H16ClNO2/c1-3-20-15-7-5-14(6-8-15)18-11-12-10-13(17)4-9-16(12)19-2/h4-11H,3H2,1-2H3. The van der Waals surface area contributed by atoms with Gasteiger partial charge in [0, 0.05) is 16.8 Å². The molecule has 0 atom stereocenters. The predicted molar refractivity (Wildman–Crippen MR) is 82.9 cm³/mol. The number of hydrogen-bond acceptors (Lipinski definition) is 3. The number of halogens is 1. The molecule has 3 nitrogen and oxygen atoms in total. The highest BCUT2D eigenvalue weighted by Crippen LogP contribution is 2.23. The van der Waals surface area contributed by atoms with Gasteiger partial charge in [0.2, 0.25) is 0 Å². The van der Waals surface area contributed by atoms with E-state index in [-0.39, 0.29) is 0 Å². The van der Waals surface area contributed by atoms with Crippen molar-refractivity contribution in [3.63, 3.8) is 0 Å². The van der Waals surface area contributed by atoms with Gasteiger partial charge in [0.25, 0.3) is 0 Å². The van der Waals surface area contributed by atoms with Gasteiger partial charge in [0.15, 0.2) is 0 Å². The van der Waals surface area contributed by atoms with Crippen LogP contribution in [0.3, 0.4) is 0 Å². The normalized spacial score (nSPS) is 10.8. The van der Waals surface area contributed by atoms with E-state index in [1.807, 2.05) is 43.3 Å². The molecular weight excluding hydrogens is 274 g/mol. The van der Waals surface area contributed by atoms with Gasteiger partial charge in [-0.1, -0.05) is 11.6 Å². The number of nitrogens with zero attached hydrogens (tertiary/aromatic N) is 1. The Morgan fingerprint density at radius 3 is 2.55 bits per heavy atom. The van der Waals surface area contributed by atoms with E-state index in [9.17, 15) is 0 Å². The Morgan fingerprint density at radius 2 is 1.90 bits per heavy atom. The van der Waals surface area contributed by atoms with Gasteiger partial charge < -0.3 is 9.47 Å². The highest BCUT2D eigenvalue weighted by atomic mass is 35.5. The van der Waals surface area contributed by atoms with E-state index < -0.39 is 0 Å². The molecule has 0 aliphatic rings. The van der Waals surface area contributed by atoms with Gasteiger partial charge in [0.05, 0.1) is 19.4 Å². The predicted octanol–water partition coefficient (Wildman–Crippen LogP) is 4.50. The van der Waals surface area contributed by atoms with Crippen LogP contribution in [-0.2, 0) is 0 Å². The molecule has 0 aliphatic carbocycles. The summed E-state index contributed by atoms with van der Waals surface area (Å²) in [5.74, 6) is 1.58. The van der Waals surface area contributed by atoms with Gasteiger partial charge in [-0.15, -0.1) is 0 Å². The molecule has 2 rings (SSSR count). The second-order valence-corrected chi connectivity index (χ2v) is 4.51. The fraction of sp³-hybridized carbons (Fsp3) is 0.188. The monoisotopic (exact) mass is 289 g/mol. The number of ether oxygens (including phenoxy) is 2. The fourth-order valence-corrected chi connectivity index (χ4v) is 1.93.